The van der Waals surface area contributed by atoms with Crippen molar-refractivity contribution < 1.29 is 13.6 Å². The van der Waals surface area contributed by atoms with Crippen LogP contribution >= 0.6 is 15.9 Å². The van der Waals surface area contributed by atoms with E-state index in [9.17, 15) is 13.6 Å². The summed E-state index contributed by atoms with van der Waals surface area (Å²) in [4.78, 5) is 11.6. The van der Waals surface area contributed by atoms with Crippen LogP contribution in [0.15, 0.2) is 46.9 Å². The molecule has 0 spiro atoms. The summed E-state index contributed by atoms with van der Waals surface area (Å²) in [6, 6.07) is 9.08. The molecule has 2 aromatic rings. The number of hydrogen-bond donors (Lipinski definition) is 2. The highest BCUT2D eigenvalue weighted by molar-refractivity contribution is 9.10. The van der Waals surface area contributed by atoms with Gasteiger partial charge < -0.3 is 10.6 Å². The molecule has 98 valence electrons. The third-order valence-electron chi connectivity index (χ3n) is 2.26. The van der Waals surface area contributed by atoms with Crippen LogP contribution in [0.3, 0.4) is 0 Å². The molecule has 2 amide bonds. The van der Waals surface area contributed by atoms with E-state index >= 15 is 0 Å². The molecular weight excluding hydrogens is 318 g/mol. The number of anilines is 2. The molecule has 0 saturated carbocycles. The maximum Gasteiger partial charge on any atom is 0.323 e. The Morgan fingerprint density at radius 2 is 1.84 bits per heavy atom. The van der Waals surface area contributed by atoms with Crippen LogP contribution in [0.1, 0.15) is 0 Å². The molecule has 0 unspecified atom stereocenters. The van der Waals surface area contributed by atoms with Gasteiger partial charge in [0.05, 0.1) is 5.69 Å². The minimum absolute atomic E-state index is 0.215. The molecule has 19 heavy (non-hydrogen) atoms. The summed E-state index contributed by atoms with van der Waals surface area (Å²) in [5.41, 5.74) is 0.316. The molecule has 2 aromatic carbocycles. The monoisotopic (exact) mass is 326 g/mol. The van der Waals surface area contributed by atoms with Crippen molar-refractivity contribution in [2.24, 2.45) is 0 Å². The molecule has 0 aromatic heterocycles. The van der Waals surface area contributed by atoms with E-state index in [-0.39, 0.29) is 5.69 Å². The molecule has 0 bridgehead atoms. The molecule has 0 radical (unpaired) electrons. The summed E-state index contributed by atoms with van der Waals surface area (Å²) in [5.74, 6) is -1.33. The molecule has 0 fully saturated rings. The standard InChI is InChI=1S/C13H9BrF2N2O/c14-8-2-1-3-10(6-8)17-13(19)18-12-7-9(15)4-5-11(12)16/h1-7H,(H2,17,18,19). The molecule has 0 aliphatic carbocycles. The highest BCUT2D eigenvalue weighted by Crippen LogP contribution is 2.18. The first-order valence-electron chi connectivity index (χ1n) is 5.33. The van der Waals surface area contributed by atoms with Gasteiger partial charge >= 0.3 is 6.03 Å². The fraction of sp³-hybridized carbons (Fsp3) is 0. The number of carbonyl (C=O) groups excluding carboxylic acids is 1. The van der Waals surface area contributed by atoms with Crippen molar-refractivity contribution in [3.8, 4) is 0 Å². The van der Waals surface area contributed by atoms with E-state index in [4.69, 9.17) is 0 Å². The van der Waals surface area contributed by atoms with Crippen molar-refractivity contribution in [3.63, 3.8) is 0 Å². The van der Waals surface area contributed by atoms with Crippen LogP contribution in [-0.2, 0) is 0 Å². The Balaban J connectivity index is 2.07. The topological polar surface area (TPSA) is 41.1 Å². The Labute approximate surface area is 116 Å². The second-order valence-corrected chi connectivity index (χ2v) is 4.63. The van der Waals surface area contributed by atoms with Crippen molar-refractivity contribution in [1.82, 2.24) is 0 Å². The van der Waals surface area contributed by atoms with E-state index in [2.05, 4.69) is 26.6 Å². The Morgan fingerprint density at radius 1 is 1.05 bits per heavy atom. The molecule has 0 aliphatic heterocycles. The van der Waals surface area contributed by atoms with E-state index in [0.717, 1.165) is 22.7 Å². The van der Waals surface area contributed by atoms with Gasteiger partial charge in [0.15, 0.2) is 0 Å². The number of carbonyl (C=O) groups is 1. The highest BCUT2D eigenvalue weighted by atomic mass is 79.9. The molecule has 3 nitrogen and oxygen atoms in total. The SMILES string of the molecule is O=C(Nc1cccc(Br)c1)Nc1cc(F)ccc1F. The van der Waals surface area contributed by atoms with Gasteiger partial charge in [-0.1, -0.05) is 22.0 Å². The van der Waals surface area contributed by atoms with Crippen molar-refractivity contribution >= 4 is 33.3 Å². The Bertz CT molecular complexity index is 619. The number of nitrogens with one attached hydrogen (secondary N) is 2. The van der Waals surface area contributed by atoms with Gasteiger partial charge in [0, 0.05) is 16.2 Å². The Morgan fingerprint density at radius 3 is 2.58 bits per heavy atom. The average Bonchev–Trinajstić information content (AvgIpc) is 2.34. The van der Waals surface area contributed by atoms with Crippen molar-refractivity contribution in [2.45, 2.75) is 0 Å². The zero-order valence-electron chi connectivity index (χ0n) is 9.58. The quantitative estimate of drug-likeness (QED) is 0.845. The van der Waals surface area contributed by atoms with E-state index in [1.165, 1.54) is 0 Å². The molecule has 6 heteroatoms. The van der Waals surface area contributed by atoms with Gasteiger partial charge in [-0.2, -0.15) is 0 Å². The van der Waals surface area contributed by atoms with Crippen molar-refractivity contribution in [2.75, 3.05) is 10.6 Å². The second-order valence-electron chi connectivity index (χ2n) is 3.71. The predicted molar refractivity (Wildman–Crippen MR) is 73.1 cm³/mol. The van der Waals surface area contributed by atoms with Gasteiger partial charge in [0.2, 0.25) is 0 Å². The second kappa shape index (κ2) is 5.79. The van der Waals surface area contributed by atoms with Crippen molar-refractivity contribution in [3.05, 3.63) is 58.6 Å². The molecule has 0 aliphatic rings. The summed E-state index contributed by atoms with van der Waals surface area (Å²) in [6.45, 7) is 0. The lowest BCUT2D eigenvalue weighted by atomic mass is 10.3. The smallest absolute Gasteiger partial charge is 0.308 e. The van der Waals surface area contributed by atoms with E-state index in [1.807, 2.05) is 0 Å². The molecule has 2 N–H and O–H groups in total. The van der Waals surface area contributed by atoms with Crippen LogP contribution in [-0.4, -0.2) is 6.03 Å². The van der Waals surface area contributed by atoms with Crippen LogP contribution < -0.4 is 10.6 Å². The number of benzene rings is 2. The summed E-state index contributed by atoms with van der Waals surface area (Å²) in [5, 5.41) is 4.75. The average molecular weight is 327 g/mol. The lowest BCUT2D eigenvalue weighted by Crippen LogP contribution is -2.20. The zero-order valence-corrected chi connectivity index (χ0v) is 11.2. The van der Waals surface area contributed by atoms with Crippen LogP contribution in [0.4, 0.5) is 25.0 Å². The number of halogens is 3. The maximum atomic E-state index is 13.3. The third-order valence-corrected chi connectivity index (χ3v) is 2.75. The Kier molecular flexibility index (Phi) is 4.11. The predicted octanol–water partition coefficient (Wildman–Crippen LogP) is 4.37. The molecular formula is C13H9BrF2N2O. The van der Waals surface area contributed by atoms with E-state index in [1.54, 1.807) is 24.3 Å². The lowest BCUT2D eigenvalue weighted by Gasteiger charge is -2.08. The van der Waals surface area contributed by atoms with Crippen LogP contribution in [0.5, 0.6) is 0 Å². The number of rotatable bonds is 2. The van der Waals surface area contributed by atoms with Crippen LogP contribution in [0, 0.1) is 11.6 Å². The highest BCUT2D eigenvalue weighted by Gasteiger charge is 2.08. The van der Waals surface area contributed by atoms with Gasteiger partial charge in [-0.25, -0.2) is 13.6 Å². The van der Waals surface area contributed by atoms with Gasteiger partial charge in [-0.15, -0.1) is 0 Å². The number of amides is 2. The van der Waals surface area contributed by atoms with Gasteiger partial charge in [-0.05, 0) is 30.3 Å². The lowest BCUT2D eigenvalue weighted by molar-refractivity contribution is 0.262. The van der Waals surface area contributed by atoms with Gasteiger partial charge in [0.25, 0.3) is 0 Å². The van der Waals surface area contributed by atoms with Gasteiger partial charge in [0.1, 0.15) is 11.6 Å². The van der Waals surface area contributed by atoms with Crippen molar-refractivity contribution in [1.29, 1.82) is 0 Å². The minimum Gasteiger partial charge on any atom is -0.308 e. The summed E-state index contributed by atoms with van der Waals surface area (Å²) in [6.07, 6.45) is 0. The normalized spacial score (nSPS) is 10.1. The first-order chi connectivity index (χ1) is 9.04. The summed E-state index contributed by atoms with van der Waals surface area (Å²) < 4.78 is 27.0. The van der Waals surface area contributed by atoms with E-state index < -0.39 is 17.7 Å². The summed E-state index contributed by atoms with van der Waals surface area (Å²) >= 11 is 3.26. The molecule has 2 rings (SSSR count). The maximum absolute atomic E-state index is 13.3. The first-order valence-corrected chi connectivity index (χ1v) is 6.12. The number of urea groups is 1. The summed E-state index contributed by atoms with van der Waals surface area (Å²) in [7, 11) is 0. The fourth-order valence-electron chi connectivity index (χ4n) is 1.44. The van der Waals surface area contributed by atoms with E-state index in [0.29, 0.717) is 5.69 Å². The molecule has 0 saturated heterocycles. The zero-order chi connectivity index (χ0) is 13.8. The molecule has 0 atom stereocenters. The first kappa shape index (κ1) is 13.5. The minimum atomic E-state index is -0.703. The van der Waals surface area contributed by atoms with Gasteiger partial charge in [-0.3, -0.25) is 0 Å². The van der Waals surface area contributed by atoms with Crippen LogP contribution in [0.25, 0.3) is 0 Å². The molecule has 0 heterocycles. The van der Waals surface area contributed by atoms with Crippen LogP contribution in [0.2, 0.25) is 0 Å². The fourth-order valence-corrected chi connectivity index (χ4v) is 1.84. The Hall–Kier alpha value is -1.95. The third kappa shape index (κ3) is 3.75. The number of hydrogen-bond acceptors (Lipinski definition) is 1. The largest absolute Gasteiger partial charge is 0.323 e.